The molecule has 0 spiro atoms. The standard InChI is InChI=1S/C16H14N2OS/c1-20-10-15-17-14-8-7-12(9-13(14)16(19)18-15)11-5-3-2-4-6-11/h2-9H,10H2,1H3,(H,17,18,19). The number of benzene rings is 2. The van der Waals surface area contributed by atoms with Crippen LogP contribution in [0.25, 0.3) is 22.0 Å². The quantitative estimate of drug-likeness (QED) is 0.800. The van der Waals surface area contributed by atoms with Crippen molar-refractivity contribution in [1.29, 1.82) is 0 Å². The van der Waals surface area contributed by atoms with Gasteiger partial charge in [-0.15, -0.1) is 0 Å². The highest BCUT2D eigenvalue weighted by Gasteiger charge is 2.05. The molecule has 100 valence electrons. The van der Waals surface area contributed by atoms with Crippen molar-refractivity contribution in [1.82, 2.24) is 9.97 Å². The van der Waals surface area contributed by atoms with E-state index < -0.39 is 0 Å². The molecule has 0 fully saturated rings. The summed E-state index contributed by atoms with van der Waals surface area (Å²) in [5.41, 5.74) is 2.80. The number of hydrogen-bond acceptors (Lipinski definition) is 3. The fraction of sp³-hybridized carbons (Fsp3) is 0.125. The Morgan fingerprint density at radius 1 is 1.10 bits per heavy atom. The number of nitrogens with one attached hydrogen (secondary N) is 1. The minimum Gasteiger partial charge on any atom is -0.309 e. The number of rotatable bonds is 3. The molecule has 0 atom stereocenters. The zero-order valence-corrected chi connectivity index (χ0v) is 11.9. The Kier molecular flexibility index (Phi) is 3.56. The van der Waals surface area contributed by atoms with E-state index in [2.05, 4.69) is 9.97 Å². The molecule has 2 aromatic carbocycles. The Hall–Kier alpha value is -2.07. The lowest BCUT2D eigenvalue weighted by Crippen LogP contribution is -2.11. The average Bonchev–Trinajstić information content (AvgIpc) is 2.48. The van der Waals surface area contributed by atoms with Gasteiger partial charge in [-0.3, -0.25) is 4.79 Å². The van der Waals surface area contributed by atoms with Crippen LogP contribution >= 0.6 is 11.8 Å². The first-order valence-corrected chi connectivity index (χ1v) is 7.74. The van der Waals surface area contributed by atoms with Crippen molar-refractivity contribution in [2.75, 3.05) is 6.26 Å². The highest BCUT2D eigenvalue weighted by atomic mass is 32.2. The summed E-state index contributed by atoms with van der Waals surface area (Å²) in [5.74, 6) is 1.44. The lowest BCUT2D eigenvalue weighted by atomic mass is 10.0. The summed E-state index contributed by atoms with van der Waals surface area (Å²) in [7, 11) is 0. The lowest BCUT2D eigenvalue weighted by molar-refractivity contribution is 1.04. The monoisotopic (exact) mass is 282 g/mol. The smallest absolute Gasteiger partial charge is 0.258 e. The maximum atomic E-state index is 12.2. The summed E-state index contributed by atoms with van der Waals surface area (Å²) in [5, 5.41) is 0.635. The van der Waals surface area contributed by atoms with Crippen LogP contribution in [-0.2, 0) is 5.75 Å². The molecule has 20 heavy (non-hydrogen) atoms. The van der Waals surface area contributed by atoms with E-state index in [1.807, 2.05) is 54.8 Å². The van der Waals surface area contributed by atoms with E-state index in [0.29, 0.717) is 11.1 Å². The molecule has 0 saturated carbocycles. The van der Waals surface area contributed by atoms with Crippen LogP contribution in [0.4, 0.5) is 0 Å². The predicted octanol–water partition coefficient (Wildman–Crippen LogP) is 3.45. The molecule has 0 amide bonds. The van der Waals surface area contributed by atoms with E-state index in [4.69, 9.17) is 0 Å². The summed E-state index contributed by atoms with van der Waals surface area (Å²) < 4.78 is 0. The second-order valence-corrected chi connectivity index (χ2v) is 5.41. The summed E-state index contributed by atoms with van der Waals surface area (Å²) in [6, 6.07) is 15.8. The number of thioether (sulfide) groups is 1. The average molecular weight is 282 g/mol. The Bertz CT molecular complexity index is 796. The molecule has 3 nitrogen and oxygen atoms in total. The van der Waals surface area contributed by atoms with Crippen molar-refractivity contribution < 1.29 is 0 Å². The van der Waals surface area contributed by atoms with Crippen molar-refractivity contribution in [2.45, 2.75) is 5.75 Å². The van der Waals surface area contributed by atoms with Crippen LogP contribution in [0.1, 0.15) is 5.82 Å². The molecular weight excluding hydrogens is 268 g/mol. The maximum Gasteiger partial charge on any atom is 0.258 e. The zero-order valence-electron chi connectivity index (χ0n) is 11.1. The maximum absolute atomic E-state index is 12.2. The van der Waals surface area contributed by atoms with E-state index in [9.17, 15) is 4.79 Å². The van der Waals surface area contributed by atoms with Crippen LogP contribution in [0.3, 0.4) is 0 Å². The molecule has 0 bridgehead atoms. The van der Waals surface area contributed by atoms with E-state index in [0.717, 1.165) is 22.5 Å². The third-order valence-corrected chi connectivity index (χ3v) is 3.70. The number of H-pyrrole nitrogens is 1. The summed E-state index contributed by atoms with van der Waals surface area (Å²) in [6.07, 6.45) is 1.99. The fourth-order valence-corrected chi connectivity index (χ4v) is 2.61. The van der Waals surface area contributed by atoms with Gasteiger partial charge in [0.2, 0.25) is 0 Å². The van der Waals surface area contributed by atoms with Crippen LogP contribution in [0, 0.1) is 0 Å². The normalized spacial score (nSPS) is 10.8. The molecule has 1 heterocycles. The molecule has 0 aliphatic heterocycles. The Morgan fingerprint density at radius 3 is 2.65 bits per heavy atom. The first-order valence-electron chi connectivity index (χ1n) is 6.35. The second-order valence-electron chi connectivity index (χ2n) is 4.54. The molecule has 1 N–H and O–H groups in total. The largest absolute Gasteiger partial charge is 0.309 e. The van der Waals surface area contributed by atoms with Gasteiger partial charge >= 0.3 is 0 Å². The van der Waals surface area contributed by atoms with Gasteiger partial charge in [0.15, 0.2) is 0 Å². The minimum atomic E-state index is -0.0724. The Morgan fingerprint density at radius 2 is 1.90 bits per heavy atom. The molecule has 0 aliphatic carbocycles. The Balaban J connectivity index is 2.15. The van der Waals surface area contributed by atoms with Gasteiger partial charge in [-0.25, -0.2) is 4.98 Å². The summed E-state index contributed by atoms with van der Waals surface area (Å²) in [6.45, 7) is 0. The Labute approximate surface area is 121 Å². The van der Waals surface area contributed by atoms with Gasteiger partial charge in [-0.1, -0.05) is 36.4 Å². The molecule has 0 aliphatic rings. The number of nitrogens with zero attached hydrogens (tertiary/aromatic N) is 1. The van der Waals surface area contributed by atoms with Gasteiger partial charge in [0.25, 0.3) is 5.56 Å². The van der Waals surface area contributed by atoms with E-state index in [1.165, 1.54) is 0 Å². The van der Waals surface area contributed by atoms with Crippen molar-refractivity contribution in [2.24, 2.45) is 0 Å². The summed E-state index contributed by atoms with van der Waals surface area (Å²) >= 11 is 1.64. The van der Waals surface area contributed by atoms with Crippen molar-refractivity contribution in [3.63, 3.8) is 0 Å². The van der Waals surface area contributed by atoms with Crippen molar-refractivity contribution >= 4 is 22.7 Å². The number of fused-ring (bicyclic) bond motifs is 1. The molecule has 0 unspecified atom stereocenters. The van der Waals surface area contributed by atoms with Crippen LogP contribution in [0.15, 0.2) is 53.3 Å². The zero-order chi connectivity index (χ0) is 13.9. The van der Waals surface area contributed by atoms with Crippen molar-refractivity contribution in [3.8, 4) is 11.1 Å². The van der Waals surface area contributed by atoms with Gasteiger partial charge in [0, 0.05) is 0 Å². The van der Waals surface area contributed by atoms with E-state index >= 15 is 0 Å². The van der Waals surface area contributed by atoms with Gasteiger partial charge in [0.05, 0.1) is 16.7 Å². The highest BCUT2D eigenvalue weighted by Crippen LogP contribution is 2.22. The molecule has 1 aromatic heterocycles. The predicted molar refractivity (Wildman–Crippen MR) is 85.0 cm³/mol. The SMILES string of the molecule is CSCc1nc2ccc(-c3ccccc3)cc2c(=O)[nH]1. The van der Waals surface area contributed by atoms with Gasteiger partial charge in [-0.2, -0.15) is 11.8 Å². The minimum absolute atomic E-state index is 0.0724. The van der Waals surface area contributed by atoms with Crippen LogP contribution < -0.4 is 5.56 Å². The fourth-order valence-electron chi connectivity index (χ4n) is 2.20. The molecule has 4 heteroatoms. The molecule has 0 saturated heterocycles. The van der Waals surface area contributed by atoms with Gasteiger partial charge in [-0.05, 0) is 29.5 Å². The van der Waals surface area contributed by atoms with Crippen molar-refractivity contribution in [3.05, 3.63) is 64.7 Å². The number of hydrogen-bond donors (Lipinski definition) is 1. The third kappa shape index (κ3) is 2.47. The molecule has 3 rings (SSSR count). The van der Waals surface area contributed by atoms with Gasteiger partial charge < -0.3 is 4.98 Å². The lowest BCUT2D eigenvalue weighted by Gasteiger charge is -2.05. The highest BCUT2D eigenvalue weighted by molar-refractivity contribution is 7.97. The third-order valence-electron chi connectivity index (χ3n) is 3.14. The van der Waals surface area contributed by atoms with E-state index in [1.54, 1.807) is 11.8 Å². The van der Waals surface area contributed by atoms with Crippen LogP contribution in [0.2, 0.25) is 0 Å². The van der Waals surface area contributed by atoms with Crippen LogP contribution in [0.5, 0.6) is 0 Å². The first-order chi connectivity index (χ1) is 9.78. The van der Waals surface area contributed by atoms with Gasteiger partial charge in [0.1, 0.15) is 5.82 Å². The summed E-state index contributed by atoms with van der Waals surface area (Å²) in [4.78, 5) is 19.5. The first kappa shape index (κ1) is 12.9. The van der Waals surface area contributed by atoms with E-state index in [-0.39, 0.29) is 5.56 Å². The number of aromatic nitrogens is 2. The number of aromatic amines is 1. The second kappa shape index (κ2) is 5.51. The molecule has 3 aromatic rings. The van der Waals surface area contributed by atoms with Crippen LogP contribution in [-0.4, -0.2) is 16.2 Å². The molecule has 0 radical (unpaired) electrons. The topological polar surface area (TPSA) is 45.8 Å². The molecular formula is C16H14N2OS.